The molecule has 34 heteroatoms. The molecule has 0 atom stereocenters. The average molecular weight is 980 g/mol. The maximum Gasteiger partial charge on any atom is 2.00 e. The molecular formula is C20H41Cl4N11O17Zn2. The maximum absolute atomic E-state index is 8.49. The summed E-state index contributed by atoms with van der Waals surface area (Å²) in [6.45, 7) is 14.5. The molecule has 0 aliphatic carbocycles. The van der Waals surface area contributed by atoms with E-state index in [2.05, 4.69) is 51.7 Å². The second-order valence-electron chi connectivity index (χ2n) is 9.41. The number of ether oxygens (including phenoxy) is 1. The Balaban J connectivity index is -0.000000468. The molecule has 0 spiro atoms. The normalized spacial score (nSPS) is 17.2. The van der Waals surface area contributed by atoms with Crippen LogP contribution in [-0.4, -0.2) is 127 Å². The van der Waals surface area contributed by atoms with Crippen molar-refractivity contribution in [2.75, 3.05) is 122 Å². The molecule has 3 heterocycles. The van der Waals surface area contributed by atoms with Crippen LogP contribution in [0.5, 0.6) is 6.01 Å². The minimum Gasteiger partial charge on any atom is -0.467 e. The third-order valence-corrected chi connectivity index (χ3v) is 5.49. The molecule has 54 heavy (non-hydrogen) atoms. The van der Waals surface area contributed by atoms with Crippen LogP contribution in [0.25, 0.3) is 0 Å². The van der Waals surface area contributed by atoms with Gasteiger partial charge < -0.3 is 46.4 Å². The summed E-state index contributed by atoms with van der Waals surface area (Å²) in [6, 6.07) is 0.359. The van der Waals surface area contributed by atoms with E-state index in [0.29, 0.717) is 17.9 Å². The summed E-state index contributed by atoms with van der Waals surface area (Å²) in [4.78, 5) is 18.5. The fourth-order valence-electron chi connectivity index (χ4n) is 3.65. The van der Waals surface area contributed by atoms with Crippen LogP contribution in [-0.2, 0) is 39.0 Å². The topological polar surface area (TPSA) is 496 Å². The first-order valence-electron chi connectivity index (χ1n) is 14.4. The van der Waals surface area contributed by atoms with Crippen LogP contribution < -0.4 is 121 Å². The van der Waals surface area contributed by atoms with E-state index in [1.807, 2.05) is 0 Å². The number of hydrogen-bond acceptors (Lipinski definition) is 28. The van der Waals surface area contributed by atoms with Gasteiger partial charge in [0, 0.05) is 105 Å². The second-order valence-corrected chi connectivity index (χ2v) is 12.4. The van der Waals surface area contributed by atoms with Crippen molar-refractivity contribution >= 4 is 11.9 Å². The van der Waals surface area contributed by atoms with Gasteiger partial charge in [0.1, 0.15) is 0 Å². The molecule has 0 radical (unpaired) electrons. The smallest absolute Gasteiger partial charge is 0.467 e. The summed E-state index contributed by atoms with van der Waals surface area (Å²) in [7, 11) is -18.2. The largest absolute Gasteiger partial charge is 2.00 e. The fourth-order valence-corrected chi connectivity index (χ4v) is 3.65. The molecule has 2 aliphatic heterocycles. The SMILES string of the molecule is COc1nc(N2CCNCCNCCNCC2)nc(N2CCNCCNCCNCC2)n1.[O-][Cl+3]([O-])([O-])[O-].[O-][Cl+3]([O-])([O-])[O-].[O-][Cl+3]([O-])([O-])[O-].[O-][Cl+3]([O-])([O-])[O-].[Zn+2].[Zn+2]. The van der Waals surface area contributed by atoms with Gasteiger partial charge in [-0.3, -0.25) is 0 Å². The van der Waals surface area contributed by atoms with E-state index in [4.69, 9.17) is 84.3 Å². The van der Waals surface area contributed by atoms with Gasteiger partial charge in [-0.25, -0.2) is 74.5 Å². The minimum atomic E-state index is -4.94. The summed E-state index contributed by atoms with van der Waals surface area (Å²) in [5.41, 5.74) is 0. The Kier molecular flexibility index (Phi) is 38.0. The first-order chi connectivity index (χ1) is 23.9. The van der Waals surface area contributed by atoms with Gasteiger partial charge in [0.05, 0.1) is 7.11 Å². The molecule has 3 rings (SSSR count). The Labute approximate surface area is 344 Å². The van der Waals surface area contributed by atoms with Crippen molar-refractivity contribution in [3.8, 4) is 6.01 Å². The van der Waals surface area contributed by atoms with Crippen molar-refractivity contribution in [3.63, 3.8) is 0 Å². The Hall–Kier alpha value is -0.0632. The first kappa shape index (κ1) is 60.6. The van der Waals surface area contributed by atoms with Gasteiger partial charge in [0.2, 0.25) is 11.9 Å². The number of halogens is 4. The number of nitrogens with one attached hydrogen (secondary N) is 6. The van der Waals surface area contributed by atoms with Crippen LogP contribution in [0.4, 0.5) is 11.9 Å². The summed E-state index contributed by atoms with van der Waals surface area (Å²) in [5, 5.41) is 20.8. The monoisotopic (exact) mass is 975 g/mol. The van der Waals surface area contributed by atoms with E-state index < -0.39 is 41.0 Å². The number of nitrogens with zero attached hydrogens (tertiary/aromatic N) is 5. The van der Waals surface area contributed by atoms with Crippen LogP contribution in [0.15, 0.2) is 0 Å². The summed E-state index contributed by atoms with van der Waals surface area (Å²) >= 11 is 0. The van der Waals surface area contributed by atoms with Gasteiger partial charge in [-0.05, 0) is 0 Å². The number of aromatic nitrogens is 3. The molecule has 2 saturated heterocycles. The first-order valence-corrected chi connectivity index (χ1v) is 19.3. The Morgan fingerprint density at radius 1 is 0.389 bits per heavy atom. The van der Waals surface area contributed by atoms with Gasteiger partial charge >= 0.3 is 45.0 Å². The van der Waals surface area contributed by atoms with Crippen molar-refractivity contribution in [2.24, 2.45) is 0 Å². The van der Waals surface area contributed by atoms with Crippen LogP contribution in [0.1, 0.15) is 0 Å². The third-order valence-electron chi connectivity index (χ3n) is 5.49. The number of methoxy groups -OCH3 is 1. The van der Waals surface area contributed by atoms with Crippen molar-refractivity contribution in [1.29, 1.82) is 0 Å². The van der Waals surface area contributed by atoms with Crippen LogP contribution in [0.3, 0.4) is 0 Å². The molecule has 28 nitrogen and oxygen atoms in total. The predicted molar refractivity (Wildman–Crippen MR) is 128 cm³/mol. The molecule has 2 aliphatic rings. The van der Waals surface area contributed by atoms with Crippen molar-refractivity contribution in [2.45, 2.75) is 0 Å². The molecule has 0 unspecified atom stereocenters. The van der Waals surface area contributed by atoms with E-state index in [1.165, 1.54) is 0 Å². The van der Waals surface area contributed by atoms with Crippen LogP contribution in [0.2, 0.25) is 0 Å². The van der Waals surface area contributed by atoms with E-state index in [9.17, 15) is 0 Å². The minimum absolute atomic E-state index is 0. The molecule has 0 bridgehead atoms. The van der Waals surface area contributed by atoms with Crippen LogP contribution in [0, 0.1) is 41.0 Å². The number of rotatable bonds is 3. The zero-order valence-corrected chi connectivity index (χ0v) is 37.9. The Morgan fingerprint density at radius 3 is 0.759 bits per heavy atom. The second kappa shape index (κ2) is 33.9. The van der Waals surface area contributed by atoms with E-state index in [0.717, 1.165) is 105 Å². The molecule has 0 amide bonds. The van der Waals surface area contributed by atoms with Gasteiger partial charge in [-0.15, -0.1) is 41.0 Å². The summed E-state index contributed by atoms with van der Waals surface area (Å²) in [5.74, 6) is 1.34. The summed E-state index contributed by atoms with van der Waals surface area (Å²) < 4.78 is 141. The molecule has 1 aromatic heterocycles. The Bertz CT molecular complexity index is 883. The molecule has 1 aromatic rings. The number of anilines is 2. The van der Waals surface area contributed by atoms with Crippen molar-refractivity contribution in [3.05, 3.63) is 0 Å². The van der Waals surface area contributed by atoms with E-state index in [1.54, 1.807) is 7.11 Å². The standard InChI is InChI=1S/C20H41N11O.4ClHO4.2Zn/c1-32-20-28-18(30-14-10-23-6-2-21-3-7-24-11-15-30)27-19(29-20)31-16-12-25-8-4-22-5-9-26-13-17-31;4*2-1(3,4)5;;/h21-26H,2-17H2,1H3;4*(H,2,3,4,5);;/q;;;;;2*+2/p-4. The number of hydrogen-bond donors (Lipinski definition) is 6. The zero-order chi connectivity index (χ0) is 40.3. The molecule has 6 N–H and O–H groups in total. The van der Waals surface area contributed by atoms with Crippen molar-refractivity contribution in [1.82, 2.24) is 46.9 Å². The van der Waals surface area contributed by atoms with Gasteiger partial charge in [0.25, 0.3) is 0 Å². The predicted octanol–water partition coefficient (Wildman–Crippen LogP) is -22.0. The zero-order valence-electron chi connectivity index (χ0n) is 28.9. The van der Waals surface area contributed by atoms with Crippen LogP contribution >= 0.6 is 0 Å². The molecular weight excluding hydrogens is 939 g/mol. The average Bonchev–Trinajstić information content (AvgIpc) is 2.94. The fraction of sp³-hybridized carbons (Fsp3) is 0.850. The van der Waals surface area contributed by atoms with Crippen molar-refractivity contribution < 1.29 is 159 Å². The van der Waals surface area contributed by atoms with Gasteiger partial charge in [-0.1, -0.05) is 0 Å². The molecule has 310 valence electrons. The maximum atomic E-state index is 8.49. The van der Waals surface area contributed by atoms with E-state index in [-0.39, 0.29) is 39.0 Å². The molecule has 0 aromatic carbocycles. The summed E-state index contributed by atoms with van der Waals surface area (Å²) in [6.07, 6.45) is 0. The van der Waals surface area contributed by atoms with Gasteiger partial charge in [-0.2, -0.15) is 15.0 Å². The van der Waals surface area contributed by atoms with E-state index >= 15 is 0 Å². The third kappa shape index (κ3) is 54.0. The quantitative estimate of drug-likeness (QED) is 0.153. The molecule has 2 fully saturated rings. The Morgan fingerprint density at radius 2 is 0.574 bits per heavy atom. The van der Waals surface area contributed by atoms with Gasteiger partial charge in [0.15, 0.2) is 0 Å². The molecule has 0 saturated carbocycles.